The van der Waals surface area contributed by atoms with Crippen LogP contribution < -0.4 is 5.32 Å². The Kier molecular flexibility index (Phi) is 4.40. The summed E-state index contributed by atoms with van der Waals surface area (Å²) in [5.41, 5.74) is 0.526. The van der Waals surface area contributed by atoms with Gasteiger partial charge < -0.3 is 10.4 Å². The van der Waals surface area contributed by atoms with E-state index in [1.807, 2.05) is 6.92 Å². The van der Waals surface area contributed by atoms with Crippen LogP contribution in [0.1, 0.15) is 19.8 Å². The maximum absolute atomic E-state index is 13.2. The Labute approximate surface area is 83.8 Å². The molecule has 0 fully saturated rings. The number of halogens is 1. The fourth-order valence-electron chi connectivity index (χ4n) is 1.31. The van der Waals surface area contributed by atoms with E-state index in [1.54, 1.807) is 18.2 Å². The Balaban J connectivity index is 2.47. The summed E-state index contributed by atoms with van der Waals surface area (Å²) in [5.74, 6) is -0.233. The molecule has 1 rings (SSSR count). The molecule has 0 aliphatic carbocycles. The van der Waals surface area contributed by atoms with Gasteiger partial charge in [-0.1, -0.05) is 12.1 Å². The first-order valence-corrected chi connectivity index (χ1v) is 4.86. The van der Waals surface area contributed by atoms with Gasteiger partial charge in [0, 0.05) is 12.6 Å². The van der Waals surface area contributed by atoms with Crippen LogP contribution in [0.4, 0.5) is 10.1 Å². The van der Waals surface area contributed by atoms with E-state index >= 15 is 0 Å². The zero-order valence-corrected chi connectivity index (χ0v) is 8.33. The van der Waals surface area contributed by atoms with Crippen LogP contribution in [0.2, 0.25) is 0 Å². The topological polar surface area (TPSA) is 32.3 Å². The van der Waals surface area contributed by atoms with E-state index < -0.39 is 0 Å². The van der Waals surface area contributed by atoms with Crippen molar-refractivity contribution in [2.24, 2.45) is 0 Å². The first-order valence-electron chi connectivity index (χ1n) is 4.86. The molecule has 78 valence electrons. The molecule has 0 heterocycles. The Bertz CT molecular complexity index is 278. The number of hydrogen-bond donors (Lipinski definition) is 2. The Morgan fingerprint density at radius 1 is 1.43 bits per heavy atom. The van der Waals surface area contributed by atoms with E-state index in [4.69, 9.17) is 5.11 Å². The second kappa shape index (κ2) is 5.60. The number of anilines is 1. The zero-order valence-electron chi connectivity index (χ0n) is 8.33. The van der Waals surface area contributed by atoms with Crippen molar-refractivity contribution in [3.05, 3.63) is 30.1 Å². The van der Waals surface area contributed by atoms with Gasteiger partial charge in [0.15, 0.2) is 0 Å². The van der Waals surface area contributed by atoms with Gasteiger partial charge in [-0.2, -0.15) is 0 Å². The highest BCUT2D eigenvalue weighted by Gasteiger charge is 2.04. The van der Waals surface area contributed by atoms with Crippen LogP contribution in [0, 0.1) is 5.82 Å². The molecule has 3 heteroatoms. The Hall–Kier alpha value is -1.09. The van der Waals surface area contributed by atoms with E-state index in [9.17, 15) is 4.39 Å². The predicted molar refractivity (Wildman–Crippen MR) is 55.8 cm³/mol. The summed E-state index contributed by atoms with van der Waals surface area (Å²) in [4.78, 5) is 0. The van der Waals surface area contributed by atoms with Gasteiger partial charge in [0.25, 0.3) is 0 Å². The van der Waals surface area contributed by atoms with Crippen molar-refractivity contribution in [1.29, 1.82) is 0 Å². The molecule has 2 N–H and O–H groups in total. The number of hydrogen-bond acceptors (Lipinski definition) is 2. The van der Waals surface area contributed by atoms with Crippen molar-refractivity contribution in [2.75, 3.05) is 11.9 Å². The van der Waals surface area contributed by atoms with Gasteiger partial charge in [-0.05, 0) is 31.9 Å². The molecule has 1 aromatic rings. The lowest BCUT2D eigenvalue weighted by atomic mass is 10.2. The minimum absolute atomic E-state index is 0.180. The lowest BCUT2D eigenvalue weighted by Gasteiger charge is -2.14. The molecule has 1 atom stereocenters. The Morgan fingerprint density at radius 3 is 2.79 bits per heavy atom. The molecule has 0 saturated heterocycles. The summed E-state index contributed by atoms with van der Waals surface area (Å²) in [5, 5.41) is 11.7. The third-order valence-electron chi connectivity index (χ3n) is 2.07. The summed E-state index contributed by atoms with van der Waals surface area (Å²) >= 11 is 0. The fraction of sp³-hybridized carbons (Fsp3) is 0.455. The quantitative estimate of drug-likeness (QED) is 0.759. The maximum atomic E-state index is 13.2. The number of para-hydroxylation sites is 1. The summed E-state index contributed by atoms with van der Waals surface area (Å²) in [7, 11) is 0. The molecular weight excluding hydrogens is 181 g/mol. The molecule has 0 saturated carbocycles. The molecule has 0 radical (unpaired) electrons. The SMILES string of the molecule is C[C@H](CCCO)Nc1ccccc1F. The van der Waals surface area contributed by atoms with E-state index in [2.05, 4.69) is 5.32 Å². The van der Waals surface area contributed by atoms with Gasteiger partial charge in [-0.15, -0.1) is 0 Å². The van der Waals surface area contributed by atoms with Crippen molar-refractivity contribution in [2.45, 2.75) is 25.8 Å². The van der Waals surface area contributed by atoms with Crippen LogP contribution in [0.5, 0.6) is 0 Å². The standard InChI is InChI=1S/C11H16FNO/c1-9(5-4-8-14)13-11-7-3-2-6-10(11)12/h2-3,6-7,9,13-14H,4-5,8H2,1H3/t9-/m1/s1. The molecule has 0 aliphatic heterocycles. The van der Waals surface area contributed by atoms with Gasteiger partial charge in [-0.25, -0.2) is 4.39 Å². The number of rotatable bonds is 5. The lowest BCUT2D eigenvalue weighted by Crippen LogP contribution is -2.16. The van der Waals surface area contributed by atoms with E-state index in [-0.39, 0.29) is 18.5 Å². The summed E-state index contributed by atoms with van der Waals surface area (Å²) in [6, 6.07) is 6.79. The van der Waals surface area contributed by atoms with E-state index in [0.29, 0.717) is 5.69 Å². The maximum Gasteiger partial charge on any atom is 0.146 e. The minimum atomic E-state index is -0.233. The number of aliphatic hydroxyl groups excluding tert-OH is 1. The third kappa shape index (κ3) is 3.34. The van der Waals surface area contributed by atoms with Crippen molar-refractivity contribution in [3.63, 3.8) is 0 Å². The average molecular weight is 197 g/mol. The largest absolute Gasteiger partial charge is 0.396 e. The van der Waals surface area contributed by atoms with Crippen molar-refractivity contribution < 1.29 is 9.50 Å². The first kappa shape index (κ1) is 11.0. The molecule has 0 amide bonds. The smallest absolute Gasteiger partial charge is 0.146 e. The number of aliphatic hydroxyl groups is 1. The van der Waals surface area contributed by atoms with Crippen LogP contribution in [-0.4, -0.2) is 17.8 Å². The highest BCUT2D eigenvalue weighted by atomic mass is 19.1. The van der Waals surface area contributed by atoms with Crippen LogP contribution in [-0.2, 0) is 0 Å². The second-order valence-corrected chi connectivity index (χ2v) is 3.39. The van der Waals surface area contributed by atoms with Crippen molar-refractivity contribution in [1.82, 2.24) is 0 Å². The van der Waals surface area contributed by atoms with E-state index in [0.717, 1.165) is 12.8 Å². The van der Waals surface area contributed by atoms with Gasteiger partial charge in [-0.3, -0.25) is 0 Å². The van der Waals surface area contributed by atoms with Gasteiger partial charge in [0.2, 0.25) is 0 Å². The Morgan fingerprint density at radius 2 is 2.14 bits per heavy atom. The van der Waals surface area contributed by atoms with Gasteiger partial charge in [0.05, 0.1) is 5.69 Å². The molecule has 0 aromatic heterocycles. The number of nitrogens with one attached hydrogen (secondary N) is 1. The molecule has 14 heavy (non-hydrogen) atoms. The summed E-state index contributed by atoms with van der Waals surface area (Å²) in [6.07, 6.45) is 1.58. The highest BCUT2D eigenvalue weighted by Crippen LogP contribution is 2.14. The van der Waals surface area contributed by atoms with E-state index in [1.165, 1.54) is 6.07 Å². The van der Waals surface area contributed by atoms with Gasteiger partial charge in [0.1, 0.15) is 5.82 Å². The second-order valence-electron chi connectivity index (χ2n) is 3.39. The van der Waals surface area contributed by atoms with Crippen molar-refractivity contribution >= 4 is 5.69 Å². The number of benzene rings is 1. The molecule has 1 aromatic carbocycles. The molecule has 2 nitrogen and oxygen atoms in total. The fourth-order valence-corrected chi connectivity index (χ4v) is 1.31. The summed E-state index contributed by atoms with van der Waals surface area (Å²) < 4.78 is 13.2. The monoisotopic (exact) mass is 197 g/mol. The molecule has 0 spiro atoms. The van der Waals surface area contributed by atoms with Crippen LogP contribution >= 0.6 is 0 Å². The van der Waals surface area contributed by atoms with Crippen LogP contribution in [0.25, 0.3) is 0 Å². The lowest BCUT2D eigenvalue weighted by molar-refractivity contribution is 0.282. The van der Waals surface area contributed by atoms with Crippen LogP contribution in [0.15, 0.2) is 24.3 Å². The molecule has 0 unspecified atom stereocenters. The van der Waals surface area contributed by atoms with Crippen molar-refractivity contribution in [3.8, 4) is 0 Å². The highest BCUT2D eigenvalue weighted by molar-refractivity contribution is 5.44. The molecule has 0 bridgehead atoms. The molecular formula is C11H16FNO. The predicted octanol–water partition coefficient (Wildman–Crippen LogP) is 2.40. The third-order valence-corrected chi connectivity index (χ3v) is 2.07. The minimum Gasteiger partial charge on any atom is -0.396 e. The zero-order chi connectivity index (χ0) is 10.4. The summed E-state index contributed by atoms with van der Waals surface area (Å²) in [6.45, 7) is 2.16. The van der Waals surface area contributed by atoms with Crippen LogP contribution in [0.3, 0.4) is 0 Å². The average Bonchev–Trinajstić information content (AvgIpc) is 2.18. The normalized spacial score (nSPS) is 12.5. The first-order chi connectivity index (χ1) is 6.74. The van der Waals surface area contributed by atoms with Gasteiger partial charge >= 0.3 is 0 Å². The molecule has 0 aliphatic rings.